The van der Waals surface area contributed by atoms with E-state index in [1.165, 1.54) is 0 Å². The minimum Gasteiger partial charge on any atom is -0.497 e. The summed E-state index contributed by atoms with van der Waals surface area (Å²) >= 11 is 0. The van der Waals surface area contributed by atoms with Gasteiger partial charge in [-0.3, -0.25) is 0 Å². The average Bonchev–Trinajstić information content (AvgIpc) is 3.35. The molecule has 120 valence electrons. The summed E-state index contributed by atoms with van der Waals surface area (Å²) in [7, 11) is 3.24. The van der Waals surface area contributed by atoms with Gasteiger partial charge in [-0.05, 0) is 42.7 Å². The van der Waals surface area contributed by atoms with Gasteiger partial charge < -0.3 is 20.1 Å². The quantitative estimate of drug-likeness (QED) is 0.888. The number of benzene rings is 2. The molecule has 1 fully saturated rings. The third kappa shape index (κ3) is 3.39. The minimum absolute atomic E-state index is 0.216. The number of rotatable bonds is 5. The number of nitrogens with one attached hydrogen (secondary N) is 2. The molecule has 0 atom stereocenters. The van der Waals surface area contributed by atoms with E-state index in [4.69, 9.17) is 9.47 Å². The molecule has 23 heavy (non-hydrogen) atoms. The van der Waals surface area contributed by atoms with Gasteiger partial charge in [0.15, 0.2) is 0 Å². The SMILES string of the molecule is COc1ccc(C2(NC(=O)Nc3cccc(OC)c3)CC2)cc1. The lowest BCUT2D eigenvalue weighted by Gasteiger charge is -2.19. The maximum atomic E-state index is 12.3. The molecule has 0 heterocycles. The Labute approximate surface area is 135 Å². The third-order valence-electron chi connectivity index (χ3n) is 4.07. The zero-order valence-corrected chi connectivity index (χ0v) is 13.3. The number of carbonyl (C=O) groups excluding carboxylic acids is 1. The van der Waals surface area contributed by atoms with E-state index < -0.39 is 0 Å². The van der Waals surface area contributed by atoms with E-state index in [9.17, 15) is 4.79 Å². The molecule has 0 aliphatic heterocycles. The molecule has 3 rings (SSSR count). The highest BCUT2D eigenvalue weighted by Gasteiger charge is 2.45. The highest BCUT2D eigenvalue weighted by molar-refractivity contribution is 5.90. The van der Waals surface area contributed by atoms with E-state index in [2.05, 4.69) is 10.6 Å². The third-order valence-corrected chi connectivity index (χ3v) is 4.07. The largest absolute Gasteiger partial charge is 0.497 e. The maximum Gasteiger partial charge on any atom is 0.319 e. The molecule has 5 nitrogen and oxygen atoms in total. The van der Waals surface area contributed by atoms with Crippen LogP contribution in [0.15, 0.2) is 48.5 Å². The van der Waals surface area contributed by atoms with Crippen LogP contribution in [-0.4, -0.2) is 20.3 Å². The number of ether oxygens (including phenoxy) is 2. The van der Waals surface area contributed by atoms with Gasteiger partial charge in [-0.15, -0.1) is 0 Å². The van der Waals surface area contributed by atoms with E-state index in [0.29, 0.717) is 11.4 Å². The van der Waals surface area contributed by atoms with Crippen LogP contribution in [0.25, 0.3) is 0 Å². The fourth-order valence-corrected chi connectivity index (χ4v) is 2.60. The van der Waals surface area contributed by atoms with Crippen molar-refractivity contribution < 1.29 is 14.3 Å². The summed E-state index contributed by atoms with van der Waals surface area (Å²) < 4.78 is 10.3. The Kier molecular flexibility index (Phi) is 4.10. The van der Waals surface area contributed by atoms with E-state index in [1.54, 1.807) is 20.3 Å². The predicted octanol–water partition coefficient (Wildman–Crippen LogP) is 3.51. The lowest BCUT2D eigenvalue weighted by molar-refractivity contribution is 0.247. The van der Waals surface area contributed by atoms with E-state index in [1.807, 2.05) is 42.5 Å². The number of anilines is 1. The lowest BCUT2D eigenvalue weighted by atomic mass is 10.1. The fraction of sp³-hybridized carbons (Fsp3) is 0.278. The van der Waals surface area contributed by atoms with Crippen molar-refractivity contribution in [2.75, 3.05) is 19.5 Å². The van der Waals surface area contributed by atoms with Crippen LogP contribution in [0.3, 0.4) is 0 Å². The molecule has 2 aromatic rings. The highest BCUT2D eigenvalue weighted by atomic mass is 16.5. The van der Waals surface area contributed by atoms with Gasteiger partial charge in [0, 0.05) is 11.8 Å². The number of methoxy groups -OCH3 is 2. The molecule has 0 saturated heterocycles. The van der Waals surface area contributed by atoms with Gasteiger partial charge in [0.1, 0.15) is 11.5 Å². The Morgan fingerprint density at radius 3 is 2.30 bits per heavy atom. The Morgan fingerprint density at radius 1 is 1.00 bits per heavy atom. The molecule has 1 saturated carbocycles. The summed E-state index contributed by atoms with van der Waals surface area (Å²) in [6, 6.07) is 14.9. The summed E-state index contributed by atoms with van der Waals surface area (Å²) in [5.41, 5.74) is 1.53. The Balaban J connectivity index is 1.66. The summed E-state index contributed by atoms with van der Waals surface area (Å²) in [4.78, 5) is 12.3. The normalized spacial score (nSPS) is 14.7. The molecule has 1 aliphatic carbocycles. The molecule has 1 aliphatic rings. The van der Waals surface area contributed by atoms with E-state index in [-0.39, 0.29) is 11.6 Å². The molecule has 0 radical (unpaired) electrons. The monoisotopic (exact) mass is 312 g/mol. The number of amides is 2. The first-order chi connectivity index (χ1) is 11.1. The topological polar surface area (TPSA) is 59.6 Å². The van der Waals surface area contributed by atoms with Crippen LogP contribution < -0.4 is 20.1 Å². The Hall–Kier alpha value is -2.69. The number of hydrogen-bond donors (Lipinski definition) is 2. The number of hydrogen-bond acceptors (Lipinski definition) is 3. The van der Waals surface area contributed by atoms with Crippen molar-refractivity contribution in [3.05, 3.63) is 54.1 Å². The summed E-state index contributed by atoms with van der Waals surface area (Å²) in [5.74, 6) is 1.52. The van der Waals surface area contributed by atoms with Gasteiger partial charge in [0.2, 0.25) is 0 Å². The second-order valence-electron chi connectivity index (χ2n) is 5.62. The number of carbonyl (C=O) groups is 1. The fourth-order valence-electron chi connectivity index (χ4n) is 2.60. The Bertz CT molecular complexity index is 694. The first-order valence-corrected chi connectivity index (χ1v) is 7.53. The molecular formula is C18H20N2O3. The predicted molar refractivity (Wildman–Crippen MR) is 89.1 cm³/mol. The highest BCUT2D eigenvalue weighted by Crippen LogP contribution is 2.45. The van der Waals surface area contributed by atoms with Crippen LogP contribution in [0.1, 0.15) is 18.4 Å². The van der Waals surface area contributed by atoms with Crippen LogP contribution in [0, 0.1) is 0 Å². The van der Waals surface area contributed by atoms with E-state index in [0.717, 1.165) is 24.2 Å². The van der Waals surface area contributed by atoms with Gasteiger partial charge in [-0.25, -0.2) is 4.79 Å². The van der Waals surface area contributed by atoms with Gasteiger partial charge in [-0.1, -0.05) is 18.2 Å². The van der Waals surface area contributed by atoms with Crippen molar-refractivity contribution in [1.82, 2.24) is 5.32 Å². The van der Waals surface area contributed by atoms with Crippen molar-refractivity contribution in [2.24, 2.45) is 0 Å². The molecule has 2 aromatic carbocycles. The van der Waals surface area contributed by atoms with Crippen molar-refractivity contribution in [2.45, 2.75) is 18.4 Å². The maximum absolute atomic E-state index is 12.3. The molecule has 2 N–H and O–H groups in total. The molecular weight excluding hydrogens is 292 g/mol. The molecule has 0 unspecified atom stereocenters. The van der Waals surface area contributed by atoms with Crippen molar-refractivity contribution in [3.8, 4) is 11.5 Å². The van der Waals surface area contributed by atoms with Crippen LogP contribution in [0.4, 0.5) is 10.5 Å². The molecule has 5 heteroatoms. The Morgan fingerprint density at radius 2 is 1.70 bits per heavy atom. The van der Waals surface area contributed by atoms with Crippen LogP contribution in [-0.2, 0) is 5.54 Å². The van der Waals surface area contributed by atoms with Crippen LogP contribution >= 0.6 is 0 Å². The smallest absolute Gasteiger partial charge is 0.319 e. The van der Waals surface area contributed by atoms with Gasteiger partial charge >= 0.3 is 6.03 Å². The molecule has 0 spiro atoms. The lowest BCUT2D eigenvalue weighted by Crippen LogP contribution is -2.38. The zero-order valence-electron chi connectivity index (χ0n) is 13.3. The first kappa shape index (κ1) is 15.2. The first-order valence-electron chi connectivity index (χ1n) is 7.53. The average molecular weight is 312 g/mol. The van der Waals surface area contributed by atoms with Gasteiger partial charge in [0.05, 0.1) is 19.8 Å². The zero-order chi connectivity index (χ0) is 16.3. The van der Waals surface area contributed by atoms with Crippen molar-refractivity contribution in [3.63, 3.8) is 0 Å². The standard InChI is InChI=1S/C18H20N2O3/c1-22-15-8-6-13(7-9-15)18(10-11-18)20-17(21)19-14-4-3-5-16(12-14)23-2/h3-9,12H,10-11H2,1-2H3,(H2,19,20,21). The molecule has 0 aromatic heterocycles. The van der Waals surface area contributed by atoms with Crippen molar-refractivity contribution >= 4 is 11.7 Å². The second-order valence-corrected chi connectivity index (χ2v) is 5.62. The summed E-state index contributed by atoms with van der Waals surface area (Å²) in [5, 5.41) is 5.93. The summed E-state index contributed by atoms with van der Waals surface area (Å²) in [6.45, 7) is 0. The molecule has 2 amide bonds. The summed E-state index contributed by atoms with van der Waals surface area (Å²) in [6.07, 6.45) is 1.87. The van der Waals surface area contributed by atoms with Gasteiger partial charge in [0.25, 0.3) is 0 Å². The molecule has 0 bridgehead atoms. The number of urea groups is 1. The second kappa shape index (κ2) is 6.20. The van der Waals surface area contributed by atoms with Gasteiger partial charge in [-0.2, -0.15) is 0 Å². The van der Waals surface area contributed by atoms with Crippen molar-refractivity contribution in [1.29, 1.82) is 0 Å². The van der Waals surface area contributed by atoms with Crippen LogP contribution in [0.5, 0.6) is 11.5 Å². The van der Waals surface area contributed by atoms with Crippen LogP contribution in [0.2, 0.25) is 0 Å². The minimum atomic E-state index is -0.269. The van der Waals surface area contributed by atoms with E-state index >= 15 is 0 Å².